The molecule has 0 radical (unpaired) electrons. The van der Waals surface area contributed by atoms with Crippen molar-refractivity contribution in [1.29, 1.82) is 0 Å². The van der Waals surface area contributed by atoms with E-state index in [0.717, 1.165) is 19.3 Å². The van der Waals surface area contributed by atoms with E-state index in [-0.39, 0.29) is 5.91 Å². The first-order chi connectivity index (χ1) is 9.25. The normalized spacial score (nSPS) is 20.8. The van der Waals surface area contributed by atoms with E-state index in [1.807, 2.05) is 0 Å². The van der Waals surface area contributed by atoms with Gasteiger partial charge in [0.05, 0.1) is 0 Å². The van der Waals surface area contributed by atoms with Crippen molar-refractivity contribution in [2.24, 2.45) is 11.8 Å². The van der Waals surface area contributed by atoms with Crippen molar-refractivity contribution in [3.8, 4) is 0 Å². The van der Waals surface area contributed by atoms with Crippen LogP contribution < -0.4 is 5.32 Å². The molecule has 19 heavy (non-hydrogen) atoms. The van der Waals surface area contributed by atoms with Gasteiger partial charge in [0, 0.05) is 25.3 Å². The highest BCUT2D eigenvalue weighted by Gasteiger charge is 2.22. The fraction of sp³-hybridized carbons (Fsp3) is 0.875. The van der Waals surface area contributed by atoms with Crippen LogP contribution in [0.5, 0.6) is 0 Å². The summed E-state index contributed by atoms with van der Waals surface area (Å²) in [5.41, 5.74) is 0. The fourth-order valence-electron chi connectivity index (χ4n) is 3.49. The van der Waals surface area contributed by atoms with E-state index < -0.39 is 0 Å². The molecule has 0 atom stereocenters. The first kappa shape index (κ1) is 14.5. The molecule has 0 saturated heterocycles. The van der Waals surface area contributed by atoms with Gasteiger partial charge in [-0.05, 0) is 38.0 Å². The number of amides is 1. The lowest BCUT2D eigenvalue weighted by Gasteiger charge is -2.10. The molecule has 2 aliphatic carbocycles. The predicted molar refractivity (Wildman–Crippen MR) is 75.8 cm³/mol. The number of nitrogens with one attached hydrogen (secondary N) is 1. The Hall–Kier alpha value is -0.860. The van der Waals surface area contributed by atoms with Crippen molar-refractivity contribution in [3.63, 3.8) is 0 Å². The third-order valence-electron chi connectivity index (χ3n) is 4.68. The molecule has 0 aromatic heterocycles. The summed E-state index contributed by atoms with van der Waals surface area (Å²) in [5, 5.41) is 2.96. The van der Waals surface area contributed by atoms with E-state index >= 15 is 0 Å². The molecule has 2 aliphatic rings. The molecule has 0 aromatic rings. The van der Waals surface area contributed by atoms with Crippen LogP contribution in [0.15, 0.2) is 0 Å². The first-order valence-corrected chi connectivity index (χ1v) is 8.05. The van der Waals surface area contributed by atoms with Gasteiger partial charge in [-0.25, -0.2) is 0 Å². The Kier molecular flexibility index (Phi) is 5.87. The van der Waals surface area contributed by atoms with E-state index in [1.54, 1.807) is 0 Å². The Balaban J connectivity index is 1.51. The minimum atomic E-state index is 0.181. The van der Waals surface area contributed by atoms with E-state index in [1.165, 1.54) is 38.5 Å². The first-order valence-electron chi connectivity index (χ1n) is 8.05. The number of ketones is 1. The highest BCUT2D eigenvalue weighted by atomic mass is 16.1. The molecule has 1 amide bonds. The molecule has 0 aromatic carbocycles. The van der Waals surface area contributed by atoms with Crippen LogP contribution in [0.3, 0.4) is 0 Å². The summed E-state index contributed by atoms with van der Waals surface area (Å²) < 4.78 is 0. The third-order valence-corrected chi connectivity index (χ3v) is 4.68. The zero-order valence-electron chi connectivity index (χ0n) is 12.0. The zero-order chi connectivity index (χ0) is 13.5. The summed E-state index contributed by atoms with van der Waals surface area (Å²) >= 11 is 0. The maximum atomic E-state index is 11.9. The van der Waals surface area contributed by atoms with Crippen LogP contribution in [-0.2, 0) is 9.59 Å². The molecule has 2 saturated carbocycles. The number of hydrogen-bond acceptors (Lipinski definition) is 2. The topological polar surface area (TPSA) is 46.2 Å². The molecule has 3 nitrogen and oxygen atoms in total. The second-order valence-electron chi connectivity index (χ2n) is 6.26. The van der Waals surface area contributed by atoms with Crippen LogP contribution in [0.25, 0.3) is 0 Å². The SMILES string of the molecule is O=C(CC1CCCC1)NCCCC(=O)C1CCCC1. The average Bonchev–Trinajstić information content (AvgIpc) is 3.06. The van der Waals surface area contributed by atoms with E-state index in [4.69, 9.17) is 0 Å². The maximum Gasteiger partial charge on any atom is 0.220 e. The Labute approximate surface area is 116 Å². The quantitative estimate of drug-likeness (QED) is 0.718. The molecule has 0 spiro atoms. The van der Waals surface area contributed by atoms with Gasteiger partial charge in [0.15, 0.2) is 0 Å². The predicted octanol–water partition coefficient (Wildman–Crippen LogP) is 3.22. The largest absolute Gasteiger partial charge is 0.356 e. The molecule has 3 heteroatoms. The summed E-state index contributed by atoms with van der Waals surface area (Å²) in [6.45, 7) is 0.671. The van der Waals surface area contributed by atoms with Crippen molar-refractivity contribution >= 4 is 11.7 Å². The number of hydrogen-bond donors (Lipinski definition) is 1. The summed E-state index contributed by atoms with van der Waals surface area (Å²) in [6, 6.07) is 0. The number of carbonyl (C=O) groups is 2. The van der Waals surface area contributed by atoms with Gasteiger partial charge in [0.2, 0.25) is 5.91 Å². The molecule has 1 N–H and O–H groups in total. The third kappa shape index (κ3) is 4.96. The molecular formula is C16H27NO2. The van der Waals surface area contributed by atoms with Gasteiger partial charge in [-0.1, -0.05) is 25.7 Å². The monoisotopic (exact) mass is 265 g/mol. The summed E-state index contributed by atoms with van der Waals surface area (Å²) in [5.74, 6) is 1.54. The van der Waals surface area contributed by atoms with Crippen molar-refractivity contribution in [2.45, 2.75) is 70.6 Å². The minimum Gasteiger partial charge on any atom is -0.356 e. The standard InChI is InChI=1S/C16H27NO2/c18-15(14-8-3-4-9-14)10-5-11-17-16(19)12-13-6-1-2-7-13/h13-14H,1-12H2,(H,17,19). The Morgan fingerprint density at radius 1 is 0.947 bits per heavy atom. The smallest absolute Gasteiger partial charge is 0.220 e. The van der Waals surface area contributed by atoms with Crippen LogP contribution in [0.4, 0.5) is 0 Å². The van der Waals surface area contributed by atoms with Crippen LogP contribution in [0.2, 0.25) is 0 Å². The van der Waals surface area contributed by atoms with Gasteiger partial charge >= 0.3 is 0 Å². The van der Waals surface area contributed by atoms with Crippen molar-refractivity contribution in [3.05, 3.63) is 0 Å². The average molecular weight is 265 g/mol. The summed E-state index contributed by atoms with van der Waals surface area (Å²) in [7, 11) is 0. The van der Waals surface area contributed by atoms with Gasteiger partial charge in [-0.15, -0.1) is 0 Å². The maximum absolute atomic E-state index is 11.9. The molecular weight excluding hydrogens is 238 g/mol. The van der Waals surface area contributed by atoms with Crippen LogP contribution in [-0.4, -0.2) is 18.2 Å². The number of rotatable bonds is 7. The van der Waals surface area contributed by atoms with Gasteiger partial charge in [-0.3, -0.25) is 9.59 Å². The molecule has 0 unspecified atom stereocenters. The lowest BCUT2D eigenvalue weighted by molar-refractivity contribution is -0.124. The van der Waals surface area contributed by atoms with Crippen molar-refractivity contribution in [1.82, 2.24) is 5.32 Å². The van der Waals surface area contributed by atoms with Gasteiger partial charge < -0.3 is 5.32 Å². The molecule has 108 valence electrons. The molecule has 0 aliphatic heterocycles. The fourth-order valence-corrected chi connectivity index (χ4v) is 3.49. The molecule has 0 heterocycles. The molecule has 2 fully saturated rings. The Morgan fingerprint density at radius 3 is 2.26 bits per heavy atom. The molecule has 0 bridgehead atoms. The highest BCUT2D eigenvalue weighted by molar-refractivity contribution is 5.81. The van der Waals surface area contributed by atoms with E-state index in [2.05, 4.69) is 5.32 Å². The number of carbonyl (C=O) groups excluding carboxylic acids is 2. The zero-order valence-corrected chi connectivity index (χ0v) is 12.0. The minimum absolute atomic E-state index is 0.181. The lowest BCUT2D eigenvalue weighted by atomic mass is 9.99. The van der Waals surface area contributed by atoms with Gasteiger partial charge in [-0.2, -0.15) is 0 Å². The van der Waals surface area contributed by atoms with E-state index in [0.29, 0.717) is 37.0 Å². The van der Waals surface area contributed by atoms with E-state index in [9.17, 15) is 9.59 Å². The summed E-state index contributed by atoms with van der Waals surface area (Å²) in [4.78, 5) is 23.6. The van der Waals surface area contributed by atoms with Gasteiger partial charge in [0.25, 0.3) is 0 Å². The van der Waals surface area contributed by atoms with Gasteiger partial charge in [0.1, 0.15) is 5.78 Å². The highest BCUT2D eigenvalue weighted by Crippen LogP contribution is 2.27. The van der Waals surface area contributed by atoms with Crippen LogP contribution in [0, 0.1) is 11.8 Å². The van der Waals surface area contributed by atoms with Crippen molar-refractivity contribution < 1.29 is 9.59 Å². The second kappa shape index (κ2) is 7.66. The summed E-state index contributed by atoms with van der Waals surface area (Å²) in [6.07, 6.45) is 11.8. The lowest BCUT2D eigenvalue weighted by Crippen LogP contribution is -2.26. The number of Topliss-reactive ketones (excluding diaryl/α,β-unsaturated/α-hetero) is 1. The Bertz CT molecular complexity index is 302. The van der Waals surface area contributed by atoms with Crippen LogP contribution in [0.1, 0.15) is 70.6 Å². The molecule has 2 rings (SSSR count). The second-order valence-corrected chi connectivity index (χ2v) is 6.26. The Morgan fingerprint density at radius 2 is 1.58 bits per heavy atom. The van der Waals surface area contributed by atoms with Crippen molar-refractivity contribution in [2.75, 3.05) is 6.54 Å². The van der Waals surface area contributed by atoms with Crippen LogP contribution >= 0.6 is 0 Å².